The number of piperidine rings is 1. The number of aryl methyl sites for hydroxylation is 3. The molecule has 2 unspecified atom stereocenters. The molecule has 3 fully saturated rings. The second-order valence-corrected chi connectivity index (χ2v) is 12.8. The summed E-state index contributed by atoms with van der Waals surface area (Å²) in [6, 6.07) is 9.88. The van der Waals surface area contributed by atoms with E-state index >= 15 is 0 Å². The molecule has 3 aliphatic carbocycles. The quantitative estimate of drug-likeness (QED) is 0.607. The fourth-order valence-corrected chi connectivity index (χ4v) is 8.54. The topological polar surface area (TPSA) is 73.2 Å². The molecule has 0 aromatic heterocycles. The average molecular weight is 517 g/mol. The summed E-state index contributed by atoms with van der Waals surface area (Å²) in [5.41, 5.74) is 4.19. The molecule has 6 nitrogen and oxygen atoms in total. The summed E-state index contributed by atoms with van der Waals surface area (Å²) < 4.78 is 6.49. The van der Waals surface area contributed by atoms with Crippen molar-refractivity contribution in [2.75, 3.05) is 20.1 Å². The van der Waals surface area contributed by atoms with Crippen LogP contribution in [0.4, 0.5) is 0 Å². The van der Waals surface area contributed by atoms with Crippen LogP contribution in [-0.4, -0.2) is 69.8 Å². The number of carbonyl (C=O) groups is 1. The minimum Gasteiger partial charge on any atom is -0.504 e. The summed E-state index contributed by atoms with van der Waals surface area (Å²) in [6.07, 6.45) is 6.49. The summed E-state index contributed by atoms with van der Waals surface area (Å²) in [6.45, 7) is 6.17. The number of aromatic hydroxyl groups is 1. The van der Waals surface area contributed by atoms with Crippen molar-refractivity contribution in [3.63, 3.8) is 0 Å². The molecule has 1 saturated heterocycles. The van der Waals surface area contributed by atoms with E-state index in [1.807, 2.05) is 18.0 Å². The highest BCUT2D eigenvalue weighted by Crippen LogP contribution is 2.66. The predicted molar refractivity (Wildman–Crippen MR) is 146 cm³/mol. The van der Waals surface area contributed by atoms with Gasteiger partial charge < -0.3 is 19.8 Å². The molecule has 2 saturated carbocycles. The number of aliphatic hydroxyl groups is 1. The largest absolute Gasteiger partial charge is 0.504 e. The third kappa shape index (κ3) is 3.29. The van der Waals surface area contributed by atoms with Gasteiger partial charge in [-0.15, -0.1) is 0 Å². The van der Waals surface area contributed by atoms with E-state index in [0.717, 1.165) is 43.8 Å². The Labute approximate surface area is 225 Å². The van der Waals surface area contributed by atoms with Crippen LogP contribution in [0.2, 0.25) is 0 Å². The molecule has 0 radical (unpaired) electrons. The van der Waals surface area contributed by atoms with Crippen molar-refractivity contribution >= 4 is 5.91 Å². The smallest absolute Gasteiger partial charge is 0.222 e. The molecule has 2 aliphatic heterocycles. The maximum Gasteiger partial charge on any atom is 0.222 e. The molecule has 2 aromatic rings. The minimum absolute atomic E-state index is 0.0637. The van der Waals surface area contributed by atoms with Crippen LogP contribution in [0.1, 0.15) is 66.3 Å². The van der Waals surface area contributed by atoms with E-state index in [0.29, 0.717) is 25.0 Å². The molecule has 6 heteroatoms. The Morgan fingerprint density at radius 2 is 1.95 bits per heavy atom. The lowest BCUT2D eigenvalue weighted by atomic mass is 9.47. The third-order valence-corrected chi connectivity index (χ3v) is 10.8. The van der Waals surface area contributed by atoms with Gasteiger partial charge in [0, 0.05) is 31.6 Å². The lowest BCUT2D eigenvalue weighted by Crippen LogP contribution is -2.81. The number of benzene rings is 2. The SMILES string of the molecule is Cc1ccc(CCC(=O)N(C)C2CCC3Oc4c(O)ccc5c4[C@@]34CCN(CC3CC3)[C@H](C5)[C@]24O)cc1C. The van der Waals surface area contributed by atoms with E-state index in [1.54, 1.807) is 6.07 Å². The van der Waals surface area contributed by atoms with Crippen molar-refractivity contribution in [1.29, 1.82) is 0 Å². The Balaban J connectivity index is 1.24. The Morgan fingerprint density at radius 3 is 2.71 bits per heavy atom. The number of phenolic OH excluding ortho intramolecular Hbond substituents is 1. The maximum absolute atomic E-state index is 13.7. The molecular formula is C32H40N2O4. The van der Waals surface area contributed by atoms with Crippen LogP contribution in [-0.2, 0) is 23.1 Å². The summed E-state index contributed by atoms with van der Waals surface area (Å²) in [5, 5.41) is 23.9. The first-order valence-corrected chi connectivity index (χ1v) is 14.5. The first-order valence-electron chi connectivity index (χ1n) is 14.5. The predicted octanol–water partition coefficient (Wildman–Crippen LogP) is 4.03. The van der Waals surface area contributed by atoms with Crippen molar-refractivity contribution < 1.29 is 19.7 Å². The van der Waals surface area contributed by atoms with Gasteiger partial charge in [-0.25, -0.2) is 0 Å². The van der Waals surface area contributed by atoms with E-state index in [2.05, 4.69) is 36.9 Å². The molecule has 5 atom stereocenters. The van der Waals surface area contributed by atoms with E-state index in [4.69, 9.17) is 4.74 Å². The van der Waals surface area contributed by atoms with Crippen molar-refractivity contribution in [2.45, 2.75) is 94.4 Å². The van der Waals surface area contributed by atoms with E-state index in [1.165, 1.54) is 35.1 Å². The Bertz CT molecular complexity index is 1300. The minimum atomic E-state index is -1.13. The normalized spacial score (nSPS) is 33.0. The molecule has 2 aromatic carbocycles. The molecule has 7 rings (SSSR count). The van der Waals surface area contributed by atoms with Gasteiger partial charge >= 0.3 is 0 Å². The van der Waals surface area contributed by atoms with E-state index in [9.17, 15) is 15.0 Å². The van der Waals surface area contributed by atoms with Crippen molar-refractivity contribution in [1.82, 2.24) is 9.80 Å². The number of hydrogen-bond acceptors (Lipinski definition) is 5. The summed E-state index contributed by atoms with van der Waals surface area (Å²) >= 11 is 0. The molecule has 2 N–H and O–H groups in total. The lowest BCUT2D eigenvalue weighted by Gasteiger charge is -2.66. The number of phenols is 1. The van der Waals surface area contributed by atoms with Crippen molar-refractivity contribution in [3.05, 3.63) is 58.1 Å². The number of carbonyl (C=O) groups excluding carboxylic acids is 1. The third-order valence-electron chi connectivity index (χ3n) is 10.8. The van der Waals surface area contributed by atoms with E-state index < -0.39 is 11.0 Å². The number of nitrogens with zero attached hydrogens (tertiary/aromatic N) is 2. The highest BCUT2D eigenvalue weighted by atomic mass is 16.5. The van der Waals surface area contributed by atoms with Crippen LogP contribution in [0.25, 0.3) is 0 Å². The van der Waals surface area contributed by atoms with Gasteiger partial charge in [0.1, 0.15) is 11.7 Å². The van der Waals surface area contributed by atoms with Crippen LogP contribution < -0.4 is 4.74 Å². The second-order valence-electron chi connectivity index (χ2n) is 12.8. The van der Waals surface area contributed by atoms with Crippen LogP contribution in [0.15, 0.2) is 30.3 Å². The zero-order chi connectivity index (χ0) is 26.4. The van der Waals surface area contributed by atoms with Crippen molar-refractivity contribution in [3.8, 4) is 11.5 Å². The monoisotopic (exact) mass is 516 g/mol. The maximum atomic E-state index is 13.7. The molecule has 2 heterocycles. The Hall–Kier alpha value is -2.57. The lowest BCUT2D eigenvalue weighted by molar-refractivity contribution is -0.218. The molecular weight excluding hydrogens is 476 g/mol. The van der Waals surface area contributed by atoms with Gasteiger partial charge in [0.2, 0.25) is 5.91 Å². The number of likely N-dealkylation sites (tertiary alicyclic amines) is 1. The Kier molecular flexibility index (Phi) is 5.45. The number of hydrogen-bond donors (Lipinski definition) is 2. The Morgan fingerprint density at radius 1 is 1.13 bits per heavy atom. The number of likely N-dealkylation sites (N-methyl/N-ethyl adjacent to an activating group) is 1. The molecule has 1 spiro atoms. The summed E-state index contributed by atoms with van der Waals surface area (Å²) in [4.78, 5) is 18.1. The van der Waals surface area contributed by atoms with Gasteiger partial charge in [0.25, 0.3) is 0 Å². The fraction of sp³-hybridized carbons (Fsp3) is 0.594. The van der Waals surface area contributed by atoms with Crippen LogP contribution >= 0.6 is 0 Å². The van der Waals surface area contributed by atoms with Gasteiger partial charge in [-0.3, -0.25) is 9.69 Å². The highest BCUT2D eigenvalue weighted by molar-refractivity contribution is 5.77. The first kappa shape index (κ1) is 24.5. The molecule has 202 valence electrons. The van der Waals surface area contributed by atoms with Gasteiger partial charge in [-0.05, 0) is 99.6 Å². The van der Waals surface area contributed by atoms with Crippen LogP contribution in [0.5, 0.6) is 11.5 Å². The highest BCUT2D eigenvalue weighted by Gasteiger charge is 2.74. The van der Waals surface area contributed by atoms with Gasteiger partial charge in [0.05, 0.1) is 11.5 Å². The number of ether oxygens (including phenoxy) is 1. The zero-order valence-corrected chi connectivity index (χ0v) is 22.9. The molecule has 1 amide bonds. The fourth-order valence-electron chi connectivity index (χ4n) is 8.54. The van der Waals surface area contributed by atoms with Gasteiger partial charge in [-0.2, -0.15) is 0 Å². The molecule has 2 bridgehead atoms. The zero-order valence-electron chi connectivity index (χ0n) is 22.9. The van der Waals surface area contributed by atoms with Gasteiger partial charge in [0.15, 0.2) is 11.5 Å². The van der Waals surface area contributed by atoms with Crippen LogP contribution in [0.3, 0.4) is 0 Å². The standard InChI is InChI=1S/C32H40N2O4/c1-19-4-5-21(16-20(19)2)8-13-28(36)33(3)25-11-12-27-31-14-15-34(18-22-6-7-22)26(32(25,31)37)17-23-9-10-24(35)30(38-27)29(23)31/h4-5,9-10,16,22,25-27,35,37H,6-8,11-15,17-18H2,1-3H3/t25?,26-,27?,31-,32-/m1/s1. The number of amides is 1. The molecule has 5 aliphatic rings. The van der Waals surface area contributed by atoms with Crippen LogP contribution in [0, 0.1) is 19.8 Å². The van der Waals surface area contributed by atoms with Gasteiger partial charge in [-0.1, -0.05) is 24.3 Å². The summed E-state index contributed by atoms with van der Waals surface area (Å²) in [5.74, 6) is 1.55. The first-order chi connectivity index (χ1) is 18.2. The number of rotatable bonds is 6. The summed E-state index contributed by atoms with van der Waals surface area (Å²) in [7, 11) is 1.90. The van der Waals surface area contributed by atoms with E-state index in [-0.39, 0.29) is 29.8 Å². The second kappa shape index (κ2) is 8.46. The van der Waals surface area contributed by atoms with Crippen molar-refractivity contribution in [2.24, 2.45) is 5.92 Å². The molecule has 38 heavy (non-hydrogen) atoms. The average Bonchev–Trinajstić information content (AvgIpc) is 3.64.